The van der Waals surface area contributed by atoms with E-state index >= 15 is 0 Å². The van der Waals surface area contributed by atoms with Crippen LogP contribution in [0.15, 0.2) is 0 Å². The van der Waals surface area contributed by atoms with Crippen LogP contribution < -0.4 is 5.73 Å². The van der Waals surface area contributed by atoms with Gasteiger partial charge in [-0.1, -0.05) is 25.7 Å². The molecule has 0 atom stereocenters. The zero-order chi connectivity index (χ0) is 13.9. The summed E-state index contributed by atoms with van der Waals surface area (Å²) in [4.78, 5) is 11.3. The fourth-order valence-electron chi connectivity index (χ4n) is 1.58. The van der Waals surface area contributed by atoms with Crippen LogP contribution in [0.5, 0.6) is 0 Å². The molecule has 4 nitrogen and oxygen atoms in total. The Bertz CT molecular complexity index is 212. The first-order chi connectivity index (χ1) is 8.45. The van der Waals surface area contributed by atoms with Gasteiger partial charge in [0.1, 0.15) is 12.2 Å². The van der Waals surface area contributed by atoms with Crippen LogP contribution in [0.3, 0.4) is 0 Å². The van der Waals surface area contributed by atoms with Crippen molar-refractivity contribution >= 4 is 5.97 Å². The minimum Gasteiger partial charge on any atom is -0.458 e. The summed E-state index contributed by atoms with van der Waals surface area (Å²) in [6.07, 6.45) is 6.95. The van der Waals surface area contributed by atoms with Crippen molar-refractivity contribution in [1.29, 1.82) is 0 Å². The number of hydrogen-bond acceptors (Lipinski definition) is 4. The highest BCUT2D eigenvalue weighted by Crippen LogP contribution is 2.07. The molecule has 0 unspecified atom stereocenters. The van der Waals surface area contributed by atoms with Gasteiger partial charge in [-0.2, -0.15) is 0 Å². The maximum absolute atomic E-state index is 11.3. The van der Waals surface area contributed by atoms with Gasteiger partial charge in [0.15, 0.2) is 0 Å². The van der Waals surface area contributed by atoms with Crippen molar-refractivity contribution in [3.63, 3.8) is 0 Å². The van der Waals surface area contributed by atoms with Gasteiger partial charge in [0.05, 0.1) is 0 Å². The first-order valence-electron chi connectivity index (χ1n) is 6.95. The summed E-state index contributed by atoms with van der Waals surface area (Å²) in [5.41, 5.74) is 4.99. The van der Waals surface area contributed by atoms with Crippen molar-refractivity contribution in [2.75, 3.05) is 19.8 Å². The molecule has 108 valence electrons. The molecule has 0 aromatic heterocycles. The number of ether oxygens (including phenoxy) is 2. The summed E-state index contributed by atoms with van der Waals surface area (Å²) in [5.74, 6) is -0.287. The van der Waals surface area contributed by atoms with E-state index < -0.39 is 5.60 Å². The van der Waals surface area contributed by atoms with Crippen molar-refractivity contribution in [1.82, 2.24) is 0 Å². The molecule has 0 spiro atoms. The standard InChI is InChI=1S/C14H29NO3/c1-14(2,3)18-13(16)12-17-11-9-7-5-4-6-8-10-15/h4-12,15H2,1-3H3. The SMILES string of the molecule is CC(C)(C)OC(=O)COCCCCCCCCN. The number of esters is 1. The number of carbonyl (C=O) groups excluding carboxylic acids is 1. The Hall–Kier alpha value is -0.610. The molecule has 0 aliphatic carbocycles. The quantitative estimate of drug-likeness (QED) is 0.484. The largest absolute Gasteiger partial charge is 0.458 e. The van der Waals surface area contributed by atoms with Crippen molar-refractivity contribution in [3.05, 3.63) is 0 Å². The Morgan fingerprint density at radius 3 is 2.11 bits per heavy atom. The van der Waals surface area contributed by atoms with Crippen LogP contribution in [-0.4, -0.2) is 31.3 Å². The topological polar surface area (TPSA) is 61.5 Å². The van der Waals surface area contributed by atoms with Gasteiger partial charge in [-0.3, -0.25) is 0 Å². The molecule has 0 aliphatic heterocycles. The molecule has 0 amide bonds. The highest BCUT2D eigenvalue weighted by Gasteiger charge is 2.15. The Labute approximate surface area is 111 Å². The van der Waals surface area contributed by atoms with Crippen molar-refractivity contribution in [2.24, 2.45) is 5.73 Å². The summed E-state index contributed by atoms with van der Waals surface area (Å²) in [6.45, 7) is 7.05. The number of rotatable bonds is 10. The lowest BCUT2D eigenvalue weighted by atomic mass is 10.1. The van der Waals surface area contributed by atoms with Crippen molar-refractivity contribution in [2.45, 2.75) is 64.9 Å². The third-order valence-electron chi connectivity index (χ3n) is 2.38. The summed E-state index contributed by atoms with van der Waals surface area (Å²) < 4.78 is 10.4. The number of unbranched alkanes of at least 4 members (excludes halogenated alkanes) is 5. The highest BCUT2D eigenvalue weighted by atomic mass is 16.6. The van der Waals surface area contributed by atoms with Gasteiger partial charge >= 0.3 is 5.97 Å². The van der Waals surface area contributed by atoms with Crippen LogP contribution in [-0.2, 0) is 14.3 Å². The molecule has 0 fully saturated rings. The van der Waals surface area contributed by atoms with Gasteiger partial charge in [0.25, 0.3) is 0 Å². The van der Waals surface area contributed by atoms with Gasteiger partial charge < -0.3 is 15.2 Å². The molecule has 4 heteroatoms. The predicted molar refractivity (Wildman–Crippen MR) is 73.4 cm³/mol. The molecule has 0 bridgehead atoms. The Morgan fingerprint density at radius 1 is 1.00 bits per heavy atom. The van der Waals surface area contributed by atoms with E-state index in [4.69, 9.17) is 15.2 Å². The number of hydrogen-bond donors (Lipinski definition) is 1. The van der Waals surface area contributed by atoms with E-state index in [0.29, 0.717) is 6.61 Å². The average Bonchev–Trinajstić information content (AvgIpc) is 2.24. The molecule has 0 aliphatic rings. The molecule has 0 aromatic carbocycles. The summed E-state index contributed by atoms with van der Waals surface area (Å²) in [6, 6.07) is 0. The van der Waals surface area contributed by atoms with Crippen LogP contribution in [0.2, 0.25) is 0 Å². The second-order valence-electron chi connectivity index (χ2n) is 5.55. The van der Waals surface area contributed by atoms with Crippen LogP contribution >= 0.6 is 0 Å². The molecule has 2 N–H and O–H groups in total. The Morgan fingerprint density at radius 2 is 1.56 bits per heavy atom. The van der Waals surface area contributed by atoms with E-state index in [0.717, 1.165) is 25.8 Å². The van der Waals surface area contributed by atoms with Crippen molar-refractivity contribution < 1.29 is 14.3 Å². The lowest BCUT2D eigenvalue weighted by Crippen LogP contribution is -2.26. The summed E-state index contributed by atoms with van der Waals surface area (Å²) >= 11 is 0. The van der Waals surface area contributed by atoms with Gasteiger partial charge in [-0.05, 0) is 40.2 Å². The molecule has 0 saturated heterocycles. The van der Waals surface area contributed by atoms with E-state index in [-0.39, 0.29) is 12.6 Å². The van der Waals surface area contributed by atoms with Crippen LogP contribution in [0.4, 0.5) is 0 Å². The van der Waals surface area contributed by atoms with E-state index in [2.05, 4.69) is 0 Å². The summed E-state index contributed by atoms with van der Waals surface area (Å²) in [5, 5.41) is 0. The number of nitrogens with two attached hydrogens (primary N) is 1. The molecule has 0 saturated carbocycles. The smallest absolute Gasteiger partial charge is 0.332 e. The fourth-order valence-corrected chi connectivity index (χ4v) is 1.58. The molecule has 18 heavy (non-hydrogen) atoms. The minimum absolute atomic E-state index is 0.0600. The minimum atomic E-state index is -0.427. The third-order valence-corrected chi connectivity index (χ3v) is 2.38. The van der Waals surface area contributed by atoms with E-state index in [9.17, 15) is 4.79 Å². The van der Waals surface area contributed by atoms with Crippen molar-refractivity contribution in [3.8, 4) is 0 Å². The van der Waals surface area contributed by atoms with Gasteiger partial charge in [-0.25, -0.2) is 4.79 Å². The van der Waals surface area contributed by atoms with Crippen LogP contribution in [0.1, 0.15) is 59.3 Å². The maximum Gasteiger partial charge on any atom is 0.332 e. The Balaban J connectivity index is 3.23. The van der Waals surface area contributed by atoms with Gasteiger partial charge in [0.2, 0.25) is 0 Å². The number of carbonyl (C=O) groups is 1. The lowest BCUT2D eigenvalue weighted by Gasteiger charge is -2.19. The second kappa shape index (κ2) is 10.3. The highest BCUT2D eigenvalue weighted by molar-refractivity contribution is 5.71. The fraction of sp³-hybridized carbons (Fsp3) is 0.929. The predicted octanol–water partition coefficient (Wildman–Crippen LogP) is 2.64. The van der Waals surface area contributed by atoms with E-state index in [1.54, 1.807) is 0 Å². The van der Waals surface area contributed by atoms with E-state index in [1.165, 1.54) is 19.3 Å². The van der Waals surface area contributed by atoms with Crippen LogP contribution in [0, 0.1) is 0 Å². The van der Waals surface area contributed by atoms with E-state index in [1.807, 2.05) is 20.8 Å². The molecule has 0 rings (SSSR count). The summed E-state index contributed by atoms with van der Waals surface area (Å²) in [7, 11) is 0. The van der Waals surface area contributed by atoms with Gasteiger partial charge in [-0.15, -0.1) is 0 Å². The monoisotopic (exact) mass is 259 g/mol. The Kier molecular flexibility index (Phi) is 9.98. The molecular weight excluding hydrogens is 230 g/mol. The first kappa shape index (κ1) is 17.4. The maximum atomic E-state index is 11.3. The molecule has 0 aromatic rings. The third kappa shape index (κ3) is 13.5. The van der Waals surface area contributed by atoms with Crippen LogP contribution in [0.25, 0.3) is 0 Å². The second-order valence-corrected chi connectivity index (χ2v) is 5.55. The molecule has 0 heterocycles. The van der Waals surface area contributed by atoms with Gasteiger partial charge in [0, 0.05) is 6.61 Å². The zero-order valence-corrected chi connectivity index (χ0v) is 12.2. The zero-order valence-electron chi connectivity index (χ0n) is 12.2. The lowest BCUT2D eigenvalue weighted by molar-refractivity contribution is -0.160. The molecular formula is C14H29NO3. The first-order valence-corrected chi connectivity index (χ1v) is 6.95. The average molecular weight is 259 g/mol. The normalized spacial score (nSPS) is 11.6. The molecule has 0 radical (unpaired) electrons.